The minimum atomic E-state index is -3.53. The lowest BCUT2D eigenvalue weighted by Crippen LogP contribution is -2.39. The number of nitrogens with zero attached hydrogens (tertiary/aromatic N) is 2. The zero-order valence-corrected chi connectivity index (χ0v) is 15.1. The minimum Gasteiger partial charge on any atom is -0.493 e. The van der Waals surface area contributed by atoms with Crippen LogP contribution in [-0.4, -0.2) is 37.1 Å². The van der Waals surface area contributed by atoms with Crippen molar-refractivity contribution in [2.45, 2.75) is 49.1 Å². The Morgan fingerprint density at radius 1 is 1.15 bits per heavy atom. The molecule has 1 aliphatic carbocycles. The van der Waals surface area contributed by atoms with Crippen molar-refractivity contribution in [3.8, 4) is 11.6 Å². The van der Waals surface area contributed by atoms with Crippen LogP contribution in [-0.2, 0) is 16.4 Å². The van der Waals surface area contributed by atoms with Crippen molar-refractivity contribution >= 4 is 10.0 Å². The van der Waals surface area contributed by atoms with Crippen LogP contribution in [0.3, 0.4) is 0 Å². The summed E-state index contributed by atoms with van der Waals surface area (Å²) in [5.74, 6) is 1.29. The van der Waals surface area contributed by atoms with Gasteiger partial charge in [-0.25, -0.2) is 18.1 Å². The molecule has 138 valence electrons. The van der Waals surface area contributed by atoms with E-state index in [9.17, 15) is 8.42 Å². The number of aromatic nitrogens is 2. The number of ether oxygens (including phenoxy) is 2. The maximum atomic E-state index is 12.7. The van der Waals surface area contributed by atoms with Crippen molar-refractivity contribution in [2.24, 2.45) is 0 Å². The van der Waals surface area contributed by atoms with Crippen LogP contribution in [0.2, 0.25) is 0 Å². The molecule has 2 heterocycles. The van der Waals surface area contributed by atoms with Gasteiger partial charge in [0.2, 0.25) is 15.9 Å². The van der Waals surface area contributed by atoms with Crippen LogP contribution < -0.4 is 14.2 Å². The van der Waals surface area contributed by atoms with Crippen molar-refractivity contribution in [2.75, 3.05) is 6.61 Å². The van der Waals surface area contributed by atoms with Gasteiger partial charge in [-0.1, -0.05) is 0 Å². The molecule has 0 unspecified atom stereocenters. The maximum Gasteiger partial charge on any atom is 0.240 e. The van der Waals surface area contributed by atoms with Gasteiger partial charge in [0.15, 0.2) is 0 Å². The van der Waals surface area contributed by atoms with Gasteiger partial charge in [0.05, 0.1) is 17.7 Å². The highest BCUT2D eigenvalue weighted by Gasteiger charge is 2.27. The molecule has 4 rings (SSSR count). The van der Waals surface area contributed by atoms with Gasteiger partial charge in [0.1, 0.15) is 11.9 Å². The van der Waals surface area contributed by atoms with E-state index in [4.69, 9.17) is 9.47 Å². The largest absolute Gasteiger partial charge is 0.493 e. The summed E-state index contributed by atoms with van der Waals surface area (Å²) in [5.41, 5.74) is 0.953. The highest BCUT2D eigenvalue weighted by molar-refractivity contribution is 7.89. The van der Waals surface area contributed by atoms with E-state index in [0.717, 1.165) is 43.4 Å². The van der Waals surface area contributed by atoms with Gasteiger partial charge in [0, 0.05) is 24.9 Å². The molecule has 0 bridgehead atoms. The lowest BCUT2D eigenvalue weighted by atomic mass is 9.94. The third-order valence-electron chi connectivity index (χ3n) is 4.79. The Morgan fingerprint density at radius 3 is 2.77 bits per heavy atom. The molecule has 26 heavy (non-hydrogen) atoms. The second-order valence-corrected chi connectivity index (χ2v) is 8.34. The summed E-state index contributed by atoms with van der Waals surface area (Å²) in [6.07, 6.45) is 8.61. The summed E-state index contributed by atoms with van der Waals surface area (Å²) in [7, 11) is -3.53. The predicted molar refractivity (Wildman–Crippen MR) is 94.7 cm³/mol. The van der Waals surface area contributed by atoms with Crippen molar-refractivity contribution in [3.05, 3.63) is 42.4 Å². The molecule has 7 nitrogen and oxygen atoms in total. The fraction of sp³-hybridized carbons (Fsp3) is 0.444. The average molecular weight is 375 g/mol. The highest BCUT2D eigenvalue weighted by Crippen LogP contribution is 2.28. The molecule has 2 aromatic rings. The first-order valence-electron chi connectivity index (χ1n) is 8.81. The maximum absolute atomic E-state index is 12.7. The third kappa shape index (κ3) is 3.81. The molecule has 1 aliphatic heterocycles. The van der Waals surface area contributed by atoms with Crippen molar-refractivity contribution < 1.29 is 17.9 Å². The number of rotatable bonds is 5. The molecule has 2 aliphatic rings. The number of nitrogens with one attached hydrogen (secondary N) is 1. The number of sulfonamides is 1. The van der Waals surface area contributed by atoms with Crippen LogP contribution in [0.5, 0.6) is 11.6 Å². The number of hydrogen-bond acceptors (Lipinski definition) is 6. The number of benzene rings is 1. The molecule has 1 aromatic carbocycles. The van der Waals surface area contributed by atoms with Crippen LogP contribution >= 0.6 is 0 Å². The van der Waals surface area contributed by atoms with Gasteiger partial charge in [-0.2, -0.15) is 0 Å². The molecule has 0 amide bonds. The molecule has 1 fully saturated rings. The van der Waals surface area contributed by atoms with Crippen molar-refractivity contribution in [1.82, 2.24) is 14.7 Å². The first-order chi connectivity index (χ1) is 12.6. The smallest absolute Gasteiger partial charge is 0.240 e. The molecular formula is C18H21N3O4S. The van der Waals surface area contributed by atoms with Gasteiger partial charge in [0.25, 0.3) is 0 Å². The van der Waals surface area contributed by atoms with E-state index in [1.54, 1.807) is 36.8 Å². The third-order valence-corrected chi connectivity index (χ3v) is 6.31. The molecular weight excluding hydrogens is 354 g/mol. The molecule has 0 radical (unpaired) electrons. The van der Waals surface area contributed by atoms with E-state index >= 15 is 0 Å². The fourth-order valence-electron chi connectivity index (χ4n) is 3.43. The Labute approximate surface area is 152 Å². The molecule has 1 saturated carbocycles. The Bertz CT molecular complexity index is 865. The second-order valence-electron chi connectivity index (χ2n) is 6.62. The van der Waals surface area contributed by atoms with Gasteiger partial charge in [-0.05, 0) is 49.4 Å². The number of hydrogen-bond donors (Lipinski definition) is 1. The van der Waals surface area contributed by atoms with E-state index in [2.05, 4.69) is 14.7 Å². The highest BCUT2D eigenvalue weighted by atomic mass is 32.2. The fourth-order valence-corrected chi connectivity index (χ4v) is 4.79. The molecule has 1 N–H and O–H groups in total. The molecule has 8 heteroatoms. The van der Waals surface area contributed by atoms with Crippen LogP contribution in [0.15, 0.2) is 41.7 Å². The minimum absolute atomic E-state index is 0.0459. The van der Waals surface area contributed by atoms with Crippen LogP contribution in [0.25, 0.3) is 0 Å². The zero-order chi connectivity index (χ0) is 18.0. The first kappa shape index (κ1) is 17.2. The average Bonchev–Trinajstić information content (AvgIpc) is 3.12. The topological polar surface area (TPSA) is 90.4 Å². The summed E-state index contributed by atoms with van der Waals surface area (Å²) < 4.78 is 39.4. The molecule has 0 spiro atoms. The van der Waals surface area contributed by atoms with Crippen molar-refractivity contribution in [3.63, 3.8) is 0 Å². The van der Waals surface area contributed by atoms with Gasteiger partial charge >= 0.3 is 0 Å². The summed E-state index contributed by atoms with van der Waals surface area (Å²) in [6, 6.07) is 4.98. The van der Waals surface area contributed by atoms with E-state index in [-0.39, 0.29) is 12.1 Å². The van der Waals surface area contributed by atoms with Crippen LogP contribution in [0, 0.1) is 0 Å². The van der Waals surface area contributed by atoms with E-state index in [0.29, 0.717) is 17.4 Å². The first-order valence-corrected chi connectivity index (χ1v) is 10.3. The quantitative estimate of drug-likeness (QED) is 0.860. The van der Waals surface area contributed by atoms with E-state index in [1.165, 1.54) is 0 Å². The zero-order valence-electron chi connectivity index (χ0n) is 14.3. The molecule has 0 saturated heterocycles. The van der Waals surface area contributed by atoms with Crippen LogP contribution in [0.4, 0.5) is 0 Å². The number of fused-ring (bicyclic) bond motifs is 1. The standard InChI is InChI=1S/C18H21N3O4S/c22-26(23,16-5-6-17-13(11-16)7-10-24-17)21-14-1-3-15(4-2-14)25-18-12-19-8-9-20-18/h5-6,8-9,11-12,14-15,21H,1-4,7,10H2. The summed E-state index contributed by atoms with van der Waals surface area (Å²) in [5, 5.41) is 0. The van der Waals surface area contributed by atoms with E-state index < -0.39 is 10.0 Å². The SMILES string of the molecule is O=S(=O)(NC1CCC(Oc2cnccn2)CC1)c1ccc2c(c1)CCO2. The lowest BCUT2D eigenvalue weighted by molar-refractivity contribution is 0.138. The van der Waals surface area contributed by atoms with Crippen LogP contribution in [0.1, 0.15) is 31.2 Å². The summed E-state index contributed by atoms with van der Waals surface area (Å²) in [4.78, 5) is 8.40. The molecule has 0 atom stereocenters. The lowest BCUT2D eigenvalue weighted by Gasteiger charge is -2.29. The monoisotopic (exact) mass is 375 g/mol. The molecule has 1 aromatic heterocycles. The van der Waals surface area contributed by atoms with Gasteiger partial charge < -0.3 is 9.47 Å². The normalized spacial score (nSPS) is 22.5. The van der Waals surface area contributed by atoms with Gasteiger partial charge in [-0.15, -0.1) is 0 Å². The van der Waals surface area contributed by atoms with Gasteiger partial charge in [-0.3, -0.25) is 4.98 Å². The van der Waals surface area contributed by atoms with Crippen molar-refractivity contribution in [1.29, 1.82) is 0 Å². The second kappa shape index (κ2) is 7.20. The Morgan fingerprint density at radius 2 is 2.00 bits per heavy atom. The predicted octanol–water partition coefficient (Wildman–Crippen LogP) is 2.08. The summed E-state index contributed by atoms with van der Waals surface area (Å²) >= 11 is 0. The Hall–Kier alpha value is -2.19. The van der Waals surface area contributed by atoms with E-state index in [1.807, 2.05) is 0 Å². The Kier molecular flexibility index (Phi) is 4.78. The summed E-state index contributed by atoms with van der Waals surface area (Å²) in [6.45, 7) is 0.613. The Balaban J connectivity index is 1.35.